The summed E-state index contributed by atoms with van der Waals surface area (Å²) in [4.78, 5) is 7.96. The van der Waals surface area contributed by atoms with Crippen LogP contribution in [0.3, 0.4) is 0 Å². The van der Waals surface area contributed by atoms with E-state index in [-0.39, 0.29) is 11.8 Å². The van der Waals surface area contributed by atoms with Gasteiger partial charge in [-0.15, -0.1) is 0 Å². The van der Waals surface area contributed by atoms with Crippen LogP contribution in [0.25, 0.3) is 11.1 Å². The molecule has 3 nitrogen and oxygen atoms in total. The van der Waals surface area contributed by atoms with E-state index in [2.05, 4.69) is 9.97 Å². The van der Waals surface area contributed by atoms with E-state index in [0.717, 1.165) is 16.8 Å². The van der Waals surface area contributed by atoms with Gasteiger partial charge in [0.2, 0.25) is 5.95 Å². The molecule has 0 fully saturated rings. The van der Waals surface area contributed by atoms with Crippen LogP contribution in [0.15, 0.2) is 30.5 Å². The second-order valence-electron chi connectivity index (χ2n) is 3.23. The molecule has 76 valence electrons. The zero-order chi connectivity index (χ0) is 10.8. The molecule has 0 aliphatic rings. The van der Waals surface area contributed by atoms with Gasteiger partial charge in [-0.1, -0.05) is 12.1 Å². The highest BCUT2D eigenvalue weighted by molar-refractivity contribution is 5.65. The number of aromatic nitrogens is 2. The second kappa shape index (κ2) is 3.65. The monoisotopic (exact) mass is 203 g/mol. The Labute approximate surface area is 86.8 Å². The van der Waals surface area contributed by atoms with Crippen molar-refractivity contribution in [2.45, 2.75) is 6.92 Å². The molecule has 0 atom stereocenters. The fourth-order valence-electron chi connectivity index (χ4n) is 1.40. The number of hydrogen-bond acceptors (Lipinski definition) is 3. The Bertz CT molecular complexity index is 480. The molecule has 0 bridgehead atoms. The normalized spacial score (nSPS) is 10.3. The number of nitrogens with two attached hydrogens (primary N) is 1. The van der Waals surface area contributed by atoms with E-state index < -0.39 is 0 Å². The summed E-state index contributed by atoms with van der Waals surface area (Å²) in [5, 5.41) is 0. The third-order valence-corrected chi connectivity index (χ3v) is 2.15. The summed E-state index contributed by atoms with van der Waals surface area (Å²) in [5.74, 6) is -0.00821. The molecule has 4 heteroatoms. The van der Waals surface area contributed by atoms with Crippen molar-refractivity contribution >= 4 is 5.95 Å². The van der Waals surface area contributed by atoms with Crippen molar-refractivity contribution in [1.82, 2.24) is 9.97 Å². The van der Waals surface area contributed by atoms with Crippen molar-refractivity contribution in [3.05, 3.63) is 42.0 Å². The number of rotatable bonds is 1. The maximum Gasteiger partial charge on any atom is 0.220 e. The lowest BCUT2D eigenvalue weighted by Crippen LogP contribution is -1.97. The second-order valence-corrected chi connectivity index (χ2v) is 3.23. The smallest absolute Gasteiger partial charge is 0.220 e. The van der Waals surface area contributed by atoms with Gasteiger partial charge in [0.15, 0.2) is 0 Å². The lowest BCUT2D eigenvalue weighted by Gasteiger charge is -2.04. The first-order valence-electron chi connectivity index (χ1n) is 4.52. The number of halogens is 1. The highest BCUT2D eigenvalue weighted by Gasteiger charge is 2.04. The van der Waals surface area contributed by atoms with Gasteiger partial charge in [0, 0.05) is 11.8 Å². The van der Waals surface area contributed by atoms with E-state index in [4.69, 9.17) is 5.73 Å². The van der Waals surface area contributed by atoms with Gasteiger partial charge in [0.25, 0.3) is 0 Å². The predicted molar refractivity (Wildman–Crippen MR) is 56.6 cm³/mol. The first-order chi connectivity index (χ1) is 7.16. The van der Waals surface area contributed by atoms with Crippen LogP contribution in [-0.4, -0.2) is 9.97 Å². The molecular weight excluding hydrogens is 193 g/mol. The Morgan fingerprint density at radius 2 is 1.87 bits per heavy atom. The van der Waals surface area contributed by atoms with Crippen LogP contribution in [0.4, 0.5) is 10.3 Å². The summed E-state index contributed by atoms with van der Waals surface area (Å²) in [5.41, 5.74) is 7.98. The Morgan fingerprint density at radius 1 is 1.20 bits per heavy atom. The number of nitrogens with zero attached hydrogens (tertiary/aromatic N) is 2. The zero-order valence-corrected chi connectivity index (χ0v) is 8.24. The topological polar surface area (TPSA) is 51.8 Å². The van der Waals surface area contributed by atoms with Gasteiger partial charge in [-0.3, -0.25) is 0 Å². The summed E-state index contributed by atoms with van der Waals surface area (Å²) in [6, 6.07) is 6.20. The van der Waals surface area contributed by atoms with Gasteiger partial charge in [0.05, 0.1) is 5.69 Å². The maximum absolute atomic E-state index is 12.7. The predicted octanol–water partition coefficient (Wildman–Crippen LogP) is 2.17. The summed E-state index contributed by atoms with van der Waals surface area (Å²) in [7, 11) is 0. The van der Waals surface area contributed by atoms with Gasteiger partial charge in [-0.2, -0.15) is 0 Å². The van der Waals surface area contributed by atoms with Crippen LogP contribution in [-0.2, 0) is 0 Å². The fourth-order valence-corrected chi connectivity index (χ4v) is 1.40. The third-order valence-electron chi connectivity index (χ3n) is 2.15. The number of benzene rings is 1. The first-order valence-corrected chi connectivity index (χ1v) is 4.52. The van der Waals surface area contributed by atoms with Crippen molar-refractivity contribution in [2.24, 2.45) is 0 Å². The fraction of sp³-hybridized carbons (Fsp3) is 0.0909. The minimum atomic E-state index is -0.257. The van der Waals surface area contributed by atoms with Gasteiger partial charge in [0.1, 0.15) is 5.82 Å². The van der Waals surface area contributed by atoms with Crippen LogP contribution in [0.5, 0.6) is 0 Å². The van der Waals surface area contributed by atoms with Crippen molar-refractivity contribution in [3.8, 4) is 11.1 Å². The molecule has 1 aromatic carbocycles. The molecule has 2 aromatic rings. The molecule has 1 aromatic heterocycles. The average Bonchev–Trinajstić information content (AvgIpc) is 2.20. The molecule has 0 saturated heterocycles. The Morgan fingerprint density at radius 3 is 2.47 bits per heavy atom. The average molecular weight is 203 g/mol. The summed E-state index contributed by atoms with van der Waals surface area (Å²) < 4.78 is 12.7. The minimum Gasteiger partial charge on any atom is -0.368 e. The highest BCUT2D eigenvalue weighted by atomic mass is 19.1. The molecular formula is C11H10FN3. The van der Waals surface area contributed by atoms with E-state index in [1.165, 1.54) is 12.1 Å². The number of hydrogen-bond donors (Lipinski definition) is 1. The van der Waals surface area contributed by atoms with Crippen molar-refractivity contribution in [3.63, 3.8) is 0 Å². The van der Waals surface area contributed by atoms with Crippen LogP contribution < -0.4 is 5.73 Å². The van der Waals surface area contributed by atoms with Gasteiger partial charge in [-0.05, 0) is 24.6 Å². The SMILES string of the molecule is Cc1nc(N)ncc1-c1ccc(F)cc1. The molecule has 0 amide bonds. The van der Waals surface area contributed by atoms with Gasteiger partial charge in [-0.25, -0.2) is 14.4 Å². The molecule has 0 spiro atoms. The molecule has 1 heterocycles. The molecule has 2 rings (SSSR count). The number of aryl methyl sites for hydroxylation is 1. The van der Waals surface area contributed by atoms with Gasteiger partial charge >= 0.3 is 0 Å². The Balaban J connectivity index is 2.49. The number of anilines is 1. The van der Waals surface area contributed by atoms with Crippen molar-refractivity contribution in [2.75, 3.05) is 5.73 Å². The van der Waals surface area contributed by atoms with Crippen LogP contribution in [0.2, 0.25) is 0 Å². The molecule has 2 N–H and O–H groups in total. The van der Waals surface area contributed by atoms with E-state index in [0.29, 0.717) is 0 Å². The van der Waals surface area contributed by atoms with Crippen LogP contribution in [0.1, 0.15) is 5.69 Å². The molecule has 0 radical (unpaired) electrons. The molecule has 0 aliphatic heterocycles. The van der Waals surface area contributed by atoms with E-state index in [9.17, 15) is 4.39 Å². The zero-order valence-electron chi connectivity index (χ0n) is 8.24. The standard InChI is InChI=1S/C11H10FN3/c1-7-10(6-14-11(13)15-7)8-2-4-9(12)5-3-8/h2-6H,1H3,(H2,13,14,15). The van der Waals surface area contributed by atoms with E-state index in [1.807, 2.05) is 6.92 Å². The molecule has 0 unspecified atom stereocenters. The number of nitrogen functional groups attached to an aromatic ring is 1. The Kier molecular flexibility index (Phi) is 2.33. The quantitative estimate of drug-likeness (QED) is 0.772. The van der Waals surface area contributed by atoms with Crippen molar-refractivity contribution < 1.29 is 4.39 Å². The third kappa shape index (κ3) is 1.93. The minimum absolute atomic E-state index is 0.248. The summed E-state index contributed by atoms with van der Waals surface area (Å²) >= 11 is 0. The highest BCUT2D eigenvalue weighted by Crippen LogP contribution is 2.21. The molecule has 0 aliphatic carbocycles. The molecule has 15 heavy (non-hydrogen) atoms. The Hall–Kier alpha value is -1.97. The molecule has 0 saturated carbocycles. The van der Waals surface area contributed by atoms with Crippen molar-refractivity contribution in [1.29, 1.82) is 0 Å². The van der Waals surface area contributed by atoms with E-state index in [1.54, 1.807) is 18.3 Å². The largest absolute Gasteiger partial charge is 0.368 e. The lowest BCUT2D eigenvalue weighted by atomic mass is 10.1. The van der Waals surface area contributed by atoms with Crippen LogP contribution in [0, 0.1) is 12.7 Å². The van der Waals surface area contributed by atoms with Gasteiger partial charge < -0.3 is 5.73 Å². The summed E-state index contributed by atoms with van der Waals surface area (Å²) in [6.07, 6.45) is 1.64. The lowest BCUT2D eigenvalue weighted by molar-refractivity contribution is 0.628. The summed E-state index contributed by atoms with van der Waals surface area (Å²) in [6.45, 7) is 1.84. The first kappa shape index (κ1) is 9.58. The van der Waals surface area contributed by atoms with E-state index >= 15 is 0 Å². The maximum atomic E-state index is 12.7. The van der Waals surface area contributed by atoms with Crippen LogP contribution >= 0.6 is 0 Å².